The maximum absolute atomic E-state index is 4.86. The van der Waals surface area contributed by atoms with Crippen molar-refractivity contribution in [2.75, 3.05) is 26.2 Å². The molecule has 1 spiro atoms. The molecule has 3 aliphatic heterocycles. The van der Waals surface area contributed by atoms with Crippen LogP contribution in [0.3, 0.4) is 0 Å². The van der Waals surface area contributed by atoms with Gasteiger partial charge < -0.3 is 9.05 Å². The van der Waals surface area contributed by atoms with Crippen molar-refractivity contribution >= 4 is 0 Å². The van der Waals surface area contributed by atoms with Crippen molar-refractivity contribution in [2.45, 2.75) is 59.5 Å². The standard InChI is InChI=1S/C24H33N12/c1-15-12-19(31(5)29-15)23-27-25-21-17(3)32(6-7-33(21)23)14-35-20(13-16(2)30-35)24-28-26-22-18(4)36(10-11-36)9-8-34(22)24/h12-13,17-18H,6-11,14H2,1-5H3/q+1. The van der Waals surface area contributed by atoms with E-state index in [9.17, 15) is 0 Å². The highest BCUT2D eigenvalue weighted by Gasteiger charge is 2.52. The summed E-state index contributed by atoms with van der Waals surface area (Å²) in [5, 5.41) is 27.8. The molecular formula is C24H33N12+. The molecule has 12 nitrogen and oxygen atoms in total. The largest absolute Gasteiger partial charge is 0.307 e. The Bertz CT molecular complexity index is 1460. The van der Waals surface area contributed by atoms with Gasteiger partial charge in [-0.2, -0.15) is 10.2 Å². The Balaban J connectivity index is 1.18. The Morgan fingerprint density at radius 3 is 2.19 bits per heavy atom. The van der Waals surface area contributed by atoms with E-state index >= 15 is 0 Å². The lowest BCUT2D eigenvalue weighted by molar-refractivity contribution is -0.837. The average molecular weight is 490 g/mol. The minimum absolute atomic E-state index is 0.103. The molecule has 7 rings (SSSR count). The van der Waals surface area contributed by atoms with E-state index < -0.39 is 0 Å². The number of aryl methyl sites for hydroxylation is 3. The molecule has 0 radical (unpaired) electrons. The van der Waals surface area contributed by atoms with Crippen molar-refractivity contribution in [2.24, 2.45) is 7.05 Å². The normalized spacial score (nSPS) is 22.7. The van der Waals surface area contributed by atoms with Crippen molar-refractivity contribution < 1.29 is 4.48 Å². The van der Waals surface area contributed by atoms with Crippen LogP contribution in [0.25, 0.3) is 23.0 Å². The van der Waals surface area contributed by atoms with Crippen LogP contribution in [0.5, 0.6) is 0 Å². The molecule has 2 atom stereocenters. The first kappa shape index (κ1) is 21.9. The van der Waals surface area contributed by atoms with Crippen LogP contribution in [-0.4, -0.2) is 84.7 Å². The summed E-state index contributed by atoms with van der Waals surface area (Å²) in [6.07, 6.45) is 0. The van der Waals surface area contributed by atoms with Gasteiger partial charge in [0.05, 0.1) is 37.2 Å². The first-order valence-corrected chi connectivity index (χ1v) is 12.9. The van der Waals surface area contributed by atoms with Gasteiger partial charge in [0.2, 0.25) is 0 Å². The van der Waals surface area contributed by atoms with Crippen LogP contribution in [0.2, 0.25) is 0 Å². The molecule has 2 unspecified atom stereocenters. The Labute approximate surface area is 209 Å². The summed E-state index contributed by atoms with van der Waals surface area (Å²) < 4.78 is 9.68. The molecule has 188 valence electrons. The summed E-state index contributed by atoms with van der Waals surface area (Å²) in [7, 11) is 1.96. The highest BCUT2D eigenvalue weighted by molar-refractivity contribution is 5.52. The molecule has 3 aliphatic rings. The van der Waals surface area contributed by atoms with E-state index in [1.165, 1.54) is 17.6 Å². The van der Waals surface area contributed by atoms with Gasteiger partial charge in [-0.1, -0.05) is 0 Å². The number of aromatic nitrogens is 10. The zero-order valence-corrected chi connectivity index (χ0v) is 21.6. The van der Waals surface area contributed by atoms with Crippen LogP contribution in [0.4, 0.5) is 0 Å². The fraction of sp³-hybridized carbons (Fsp3) is 0.583. The quantitative estimate of drug-likeness (QED) is 0.318. The van der Waals surface area contributed by atoms with Gasteiger partial charge in [0, 0.05) is 20.1 Å². The van der Waals surface area contributed by atoms with Crippen LogP contribution in [-0.2, 0) is 26.8 Å². The van der Waals surface area contributed by atoms with Crippen molar-refractivity contribution in [3.63, 3.8) is 0 Å². The fourth-order valence-electron chi connectivity index (χ4n) is 6.15. The second-order valence-corrected chi connectivity index (χ2v) is 10.7. The Morgan fingerprint density at radius 2 is 1.47 bits per heavy atom. The lowest BCUT2D eigenvalue weighted by Crippen LogP contribution is -2.40. The van der Waals surface area contributed by atoms with E-state index in [2.05, 4.69) is 70.2 Å². The maximum Gasteiger partial charge on any atom is 0.191 e. The van der Waals surface area contributed by atoms with E-state index in [0.29, 0.717) is 12.7 Å². The molecule has 36 heavy (non-hydrogen) atoms. The molecule has 4 aromatic rings. The fourth-order valence-corrected chi connectivity index (χ4v) is 6.15. The minimum Gasteiger partial charge on any atom is -0.307 e. The molecule has 0 aromatic carbocycles. The zero-order chi connectivity index (χ0) is 24.8. The van der Waals surface area contributed by atoms with Crippen molar-refractivity contribution in [1.82, 2.24) is 54.0 Å². The molecule has 12 heteroatoms. The minimum atomic E-state index is 0.103. The van der Waals surface area contributed by atoms with Gasteiger partial charge in [0.15, 0.2) is 23.3 Å². The molecule has 0 N–H and O–H groups in total. The summed E-state index contributed by atoms with van der Waals surface area (Å²) in [6.45, 7) is 15.5. The highest BCUT2D eigenvalue weighted by atomic mass is 15.5. The number of nitrogens with zero attached hydrogens (tertiary/aromatic N) is 12. The van der Waals surface area contributed by atoms with E-state index in [0.717, 1.165) is 72.3 Å². The number of quaternary nitrogens is 1. The van der Waals surface area contributed by atoms with Gasteiger partial charge in [-0.15, -0.1) is 20.4 Å². The number of rotatable bonds is 4. The van der Waals surface area contributed by atoms with Crippen LogP contribution >= 0.6 is 0 Å². The second-order valence-electron chi connectivity index (χ2n) is 10.7. The van der Waals surface area contributed by atoms with Crippen LogP contribution in [0, 0.1) is 13.8 Å². The summed E-state index contributed by atoms with van der Waals surface area (Å²) in [5.74, 6) is 3.89. The van der Waals surface area contributed by atoms with Gasteiger partial charge in [0.25, 0.3) is 0 Å². The topological polar surface area (TPSA) is 100 Å². The predicted molar refractivity (Wildman–Crippen MR) is 131 cm³/mol. The zero-order valence-electron chi connectivity index (χ0n) is 21.6. The predicted octanol–water partition coefficient (Wildman–Crippen LogP) is 1.69. The summed E-state index contributed by atoms with van der Waals surface area (Å²) in [4.78, 5) is 2.41. The second kappa shape index (κ2) is 7.56. The summed E-state index contributed by atoms with van der Waals surface area (Å²) in [5.41, 5.74) is 3.99. The number of fused-ring (bicyclic) bond motifs is 2. The lowest BCUT2D eigenvalue weighted by atomic mass is 10.2. The highest BCUT2D eigenvalue weighted by Crippen LogP contribution is 2.40. The van der Waals surface area contributed by atoms with E-state index in [-0.39, 0.29) is 6.04 Å². The van der Waals surface area contributed by atoms with Crippen molar-refractivity contribution in [3.05, 3.63) is 35.2 Å². The van der Waals surface area contributed by atoms with E-state index in [4.69, 9.17) is 5.10 Å². The van der Waals surface area contributed by atoms with Crippen LogP contribution in [0.1, 0.15) is 49.0 Å². The van der Waals surface area contributed by atoms with Gasteiger partial charge in [-0.25, -0.2) is 4.68 Å². The third kappa shape index (κ3) is 3.13. The lowest BCUT2D eigenvalue weighted by Gasteiger charge is -2.34. The maximum atomic E-state index is 4.86. The average Bonchev–Trinajstić information content (AvgIpc) is 3.16. The smallest absolute Gasteiger partial charge is 0.191 e. The molecular weight excluding hydrogens is 456 g/mol. The Hall–Kier alpha value is -3.38. The van der Waals surface area contributed by atoms with Crippen LogP contribution in [0.15, 0.2) is 12.1 Å². The monoisotopic (exact) mass is 489 g/mol. The number of hydrogen-bond donors (Lipinski definition) is 0. The van der Waals surface area contributed by atoms with Crippen LogP contribution < -0.4 is 0 Å². The van der Waals surface area contributed by atoms with Gasteiger partial charge in [-0.05, 0) is 39.8 Å². The first-order chi connectivity index (χ1) is 17.3. The van der Waals surface area contributed by atoms with Gasteiger partial charge in [-0.3, -0.25) is 14.1 Å². The molecule has 1 fully saturated rings. The van der Waals surface area contributed by atoms with Gasteiger partial charge in [0.1, 0.15) is 30.5 Å². The molecule has 7 heterocycles. The van der Waals surface area contributed by atoms with Gasteiger partial charge >= 0.3 is 0 Å². The summed E-state index contributed by atoms with van der Waals surface area (Å²) in [6, 6.07) is 4.71. The first-order valence-electron chi connectivity index (χ1n) is 12.9. The van der Waals surface area contributed by atoms with E-state index in [1.54, 1.807) is 0 Å². The molecule has 4 aromatic heterocycles. The molecule has 1 saturated heterocycles. The Morgan fingerprint density at radius 1 is 0.806 bits per heavy atom. The number of hydrogen-bond acceptors (Lipinski definition) is 7. The molecule has 0 saturated carbocycles. The third-order valence-electron chi connectivity index (χ3n) is 8.53. The SMILES string of the molecule is Cc1cc(-c2nnc3n2CCN(Cn2nc(C)cc2-c2nnc4n2CC[N+]2(CC2)C4C)C3C)n(C)n1. The Kier molecular flexibility index (Phi) is 4.59. The molecule has 0 amide bonds. The van der Waals surface area contributed by atoms with Crippen molar-refractivity contribution in [1.29, 1.82) is 0 Å². The molecule has 0 bridgehead atoms. The van der Waals surface area contributed by atoms with E-state index in [1.807, 2.05) is 25.6 Å². The summed E-state index contributed by atoms with van der Waals surface area (Å²) >= 11 is 0. The molecule has 0 aliphatic carbocycles. The third-order valence-corrected chi connectivity index (χ3v) is 8.53. The van der Waals surface area contributed by atoms with Crippen molar-refractivity contribution in [3.8, 4) is 23.0 Å².